The molecule has 9 heteroatoms. The van der Waals surface area contributed by atoms with Gasteiger partial charge in [0.25, 0.3) is 0 Å². The van der Waals surface area contributed by atoms with E-state index >= 15 is 0 Å². The Kier molecular flexibility index (Phi) is 8.14. The summed E-state index contributed by atoms with van der Waals surface area (Å²) in [4.78, 5) is 35.4. The first-order valence-electron chi connectivity index (χ1n) is 8.36. The molecule has 0 amide bonds. The van der Waals surface area contributed by atoms with Crippen molar-refractivity contribution >= 4 is 40.3 Å². The highest BCUT2D eigenvalue weighted by molar-refractivity contribution is 14.1. The van der Waals surface area contributed by atoms with Crippen molar-refractivity contribution in [2.24, 2.45) is 0 Å². The van der Waals surface area contributed by atoms with Crippen LogP contribution in [0.15, 0.2) is 30.3 Å². The number of halogens is 1. The van der Waals surface area contributed by atoms with E-state index in [1.807, 2.05) is 22.6 Å². The largest absolute Gasteiger partial charge is 0.455 e. The summed E-state index contributed by atoms with van der Waals surface area (Å²) in [5.41, 5.74) is 0.233. The zero-order valence-corrected chi connectivity index (χ0v) is 16.8. The van der Waals surface area contributed by atoms with Gasteiger partial charge in [-0.05, 0) is 19.1 Å². The monoisotopic (exact) mass is 492 g/mol. The van der Waals surface area contributed by atoms with Crippen molar-refractivity contribution in [1.82, 2.24) is 0 Å². The molecule has 0 bridgehead atoms. The standard InChI is InChI=1S/C18H21IO8/c1-10(20)7-8-13(21)26-15-14(22)12(9-19)25-18(24)16(15)27-17(23)11-5-3-2-4-6-11/h2-6,12,14-16,18,22,24H,7-9H2,1H3/t12-,14-,15-,16-,18+/m1/s1. The van der Waals surface area contributed by atoms with Gasteiger partial charge in [-0.25, -0.2) is 4.79 Å². The average molecular weight is 492 g/mol. The third kappa shape index (κ3) is 5.96. The van der Waals surface area contributed by atoms with E-state index in [-0.39, 0.29) is 24.2 Å². The Morgan fingerprint density at radius 3 is 2.33 bits per heavy atom. The summed E-state index contributed by atoms with van der Waals surface area (Å²) in [6.45, 7) is 1.34. The van der Waals surface area contributed by atoms with Crippen LogP contribution in [0.1, 0.15) is 30.1 Å². The number of benzene rings is 1. The number of aliphatic hydroxyl groups excluding tert-OH is 2. The molecular formula is C18H21IO8. The topological polar surface area (TPSA) is 119 Å². The second-order valence-electron chi connectivity index (χ2n) is 6.10. The van der Waals surface area contributed by atoms with Gasteiger partial charge in [-0.15, -0.1) is 0 Å². The summed E-state index contributed by atoms with van der Waals surface area (Å²) in [5, 5.41) is 20.7. The van der Waals surface area contributed by atoms with E-state index in [2.05, 4.69) is 0 Å². The third-order valence-electron chi connectivity index (χ3n) is 3.99. The number of ether oxygens (including phenoxy) is 3. The molecule has 1 fully saturated rings. The molecule has 27 heavy (non-hydrogen) atoms. The third-order valence-corrected chi connectivity index (χ3v) is 4.86. The van der Waals surface area contributed by atoms with E-state index in [0.29, 0.717) is 4.43 Å². The fourth-order valence-electron chi connectivity index (χ4n) is 2.55. The van der Waals surface area contributed by atoms with Gasteiger partial charge in [-0.2, -0.15) is 0 Å². The molecule has 1 aromatic carbocycles. The Bertz CT molecular complexity index is 665. The van der Waals surface area contributed by atoms with Gasteiger partial charge in [0.2, 0.25) is 0 Å². The molecule has 0 unspecified atom stereocenters. The number of carbonyl (C=O) groups is 3. The van der Waals surface area contributed by atoms with Gasteiger partial charge < -0.3 is 29.2 Å². The van der Waals surface area contributed by atoms with Crippen molar-refractivity contribution in [3.8, 4) is 0 Å². The lowest BCUT2D eigenvalue weighted by Gasteiger charge is -2.41. The number of esters is 2. The molecule has 1 saturated heterocycles. The van der Waals surface area contributed by atoms with Crippen molar-refractivity contribution < 1.29 is 38.8 Å². The molecule has 1 heterocycles. The maximum Gasteiger partial charge on any atom is 0.338 e. The molecular weight excluding hydrogens is 471 g/mol. The van der Waals surface area contributed by atoms with Crippen molar-refractivity contribution in [3.05, 3.63) is 35.9 Å². The lowest BCUT2D eigenvalue weighted by molar-refractivity contribution is -0.279. The molecule has 148 valence electrons. The summed E-state index contributed by atoms with van der Waals surface area (Å²) in [7, 11) is 0. The lowest BCUT2D eigenvalue weighted by atomic mass is 9.99. The maximum atomic E-state index is 12.3. The number of ketones is 1. The fraction of sp³-hybridized carbons (Fsp3) is 0.500. The number of carbonyl (C=O) groups excluding carboxylic acids is 3. The predicted octanol–water partition coefficient (Wildman–Crippen LogP) is 1.01. The summed E-state index contributed by atoms with van der Waals surface area (Å²) in [5.74, 6) is -1.68. The molecule has 0 spiro atoms. The van der Waals surface area contributed by atoms with Crippen molar-refractivity contribution in [2.45, 2.75) is 50.5 Å². The average Bonchev–Trinajstić information content (AvgIpc) is 2.66. The highest BCUT2D eigenvalue weighted by atomic mass is 127. The minimum atomic E-state index is -1.58. The highest BCUT2D eigenvalue weighted by Gasteiger charge is 2.49. The SMILES string of the molecule is CC(=O)CCC(=O)O[C@@H]1[C@H](O)[C@@H](CI)O[C@H](O)[C@@H]1OC(=O)c1ccccc1. The number of hydrogen-bond donors (Lipinski definition) is 2. The smallest absolute Gasteiger partial charge is 0.338 e. The minimum Gasteiger partial charge on any atom is -0.455 e. The van der Waals surface area contributed by atoms with Crippen LogP contribution in [0.3, 0.4) is 0 Å². The predicted molar refractivity (Wildman–Crippen MR) is 101 cm³/mol. The van der Waals surface area contributed by atoms with Crippen molar-refractivity contribution in [3.63, 3.8) is 0 Å². The summed E-state index contributed by atoms with van der Waals surface area (Å²) in [6, 6.07) is 8.06. The lowest BCUT2D eigenvalue weighted by Crippen LogP contribution is -2.60. The number of Topliss-reactive ketones (excluding diaryl/α,β-unsaturated/α-hetero) is 1. The van der Waals surface area contributed by atoms with E-state index < -0.39 is 42.6 Å². The van der Waals surface area contributed by atoms with Gasteiger partial charge >= 0.3 is 11.9 Å². The second-order valence-corrected chi connectivity index (χ2v) is 6.98. The van der Waals surface area contributed by atoms with Crippen LogP contribution < -0.4 is 0 Å². The van der Waals surface area contributed by atoms with Crippen LogP contribution in [0.4, 0.5) is 0 Å². The molecule has 0 aromatic heterocycles. The molecule has 5 atom stereocenters. The van der Waals surface area contributed by atoms with Crippen molar-refractivity contribution in [1.29, 1.82) is 0 Å². The molecule has 0 radical (unpaired) electrons. The normalized spacial score (nSPS) is 27.6. The van der Waals surface area contributed by atoms with Gasteiger partial charge in [-0.1, -0.05) is 40.8 Å². The van der Waals surface area contributed by atoms with E-state index in [9.17, 15) is 24.6 Å². The summed E-state index contributed by atoms with van der Waals surface area (Å²) < 4.78 is 16.1. The van der Waals surface area contributed by atoms with E-state index in [4.69, 9.17) is 14.2 Å². The zero-order valence-electron chi connectivity index (χ0n) is 14.6. The Morgan fingerprint density at radius 2 is 1.74 bits per heavy atom. The van der Waals surface area contributed by atoms with Crippen LogP contribution in [0.25, 0.3) is 0 Å². The molecule has 2 rings (SSSR count). The summed E-state index contributed by atoms with van der Waals surface area (Å²) >= 11 is 1.95. The first kappa shape index (κ1) is 21.7. The molecule has 0 aliphatic carbocycles. The Morgan fingerprint density at radius 1 is 1.07 bits per heavy atom. The van der Waals surface area contributed by atoms with Crippen LogP contribution in [0.2, 0.25) is 0 Å². The molecule has 1 aromatic rings. The first-order valence-corrected chi connectivity index (χ1v) is 9.88. The van der Waals surface area contributed by atoms with Gasteiger partial charge in [0.1, 0.15) is 11.9 Å². The molecule has 0 saturated carbocycles. The van der Waals surface area contributed by atoms with E-state index in [0.717, 1.165) is 0 Å². The molecule has 2 N–H and O–H groups in total. The highest BCUT2D eigenvalue weighted by Crippen LogP contribution is 2.27. The van der Waals surface area contributed by atoms with E-state index in [1.54, 1.807) is 18.2 Å². The number of aliphatic hydroxyl groups is 2. The Balaban J connectivity index is 2.15. The van der Waals surface area contributed by atoms with Crippen LogP contribution in [0, 0.1) is 0 Å². The van der Waals surface area contributed by atoms with Crippen LogP contribution >= 0.6 is 22.6 Å². The van der Waals surface area contributed by atoms with Gasteiger partial charge in [0, 0.05) is 10.8 Å². The fourth-order valence-corrected chi connectivity index (χ4v) is 3.28. The van der Waals surface area contributed by atoms with Crippen LogP contribution in [0.5, 0.6) is 0 Å². The van der Waals surface area contributed by atoms with Crippen LogP contribution in [-0.4, -0.2) is 63.1 Å². The van der Waals surface area contributed by atoms with Gasteiger partial charge in [0.05, 0.1) is 18.1 Å². The minimum absolute atomic E-state index is 0.00904. The Hall–Kier alpha value is -1.56. The molecule has 1 aliphatic rings. The van der Waals surface area contributed by atoms with Crippen molar-refractivity contribution in [2.75, 3.05) is 4.43 Å². The van der Waals surface area contributed by atoms with Gasteiger partial charge in [-0.3, -0.25) is 4.79 Å². The second kappa shape index (κ2) is 10.1. The van der Waals surface area contributed by atoms with Gasteiger partial charge in [0.15, 0.2) is 18.5 Å². The summed E-state index contributed by atoms with van der Waals surface area (Å²) in [6.07, 6.45) is -6.60. The first-order chi connectivity index (χ1) is 12.8. The zero-order chi connectivity index (χ0) is 20.0. The number of hydrogen-bond acceptors (Lipinski definition) is 8. The van der Waals surface area contributed by atoms with Crippen LogP contribution in [-0.2, 0) is 23.8 Å². The molecule has 1 aliphatic heterocycles. The quantitative estimate of drug-likeness (QED) is 0.329. The Labute approximate surface area is 169 Å². The maximum absolute atomic E-state index is 12.3. The van der Waals surface area contributed by atoms with E-state index in [1.165, 1.54) is 19.1 Å². The molecule has 8 nitrogen and oxygen atoms in total. The number of rotatable bonds is 7. The number of alkyl halides is 1.